The highest BCUT2D eigenvalue weighted by atomic mass is 15.1. The standard InChI is InChI=1S/C11H24N2/c1-3-13(4-2)10-8-11-7-5-6-9-12-11/h11-12H,3-10H2,1-2H3/p+2/t11-/m0/s1. The normalized spacial score (nSPS) is 23.8. The first-order valence-corrected chi connectivity index (χ1v) is 6.03. The Kier molecular flexibility index (Phi) is 5.40. The van der Waals surface area contributed by atoms with Gasteiger partial charge >= 0.3 is 0 Å². The van der Waals surface area contributed by atoms with Gasteiger partial charge in [-0.05, 0) is 33.1 Å². The predicted octanol–water partition coefficient (Wildman–Crippen LogP) is -0.583. The highest BCUT2D eigenvalue weighted by molar-refractivity contribution is 4.58. The van der Waals surface area contributed by atoms with E-state index in [2.05, 4.69) is 19.2 Å². The molecule has 0 spiro atoms. The molecule has 0 aromatic carbocycles. The molecular weight excluding hydrogens is 160 g/mol. The van der Waals surface area contributed by atoms with E-state index in [-0.39, 0.29) is 0 Å². The average molecular weight is 186 g/mol. The Labute approximate surface area is 82.7 Å². The largest absolute Gasteiger partial charge is 0.344 e. The molecule has 3 N–H and O–H groups in total. The highest BCUT2D eigenvalue weighted by Crippen LogP contribution is 2.02. The van der Waals surface area contributed by atoms with Crippen molar-refractivity contribution >= 4 is 0 Å². The predicted molar refractivity (Wildman–Crippen MR) is 56.0 cm³/mol. The molecule has 1 fully saturated rings. The quantitative estimate of drug-likeness (QED) is 0.573. The third-order valence-electron chi connectivity index (χ3n) is 3.40. The summed E-state index contributed by atoms with van der Waals surface area (Å²) in [6.07, 6.45) is 5.79. The van der Waals surface area contributed by atoms with E-state index >= 15 is 0 Å². The molecule has 1 atom stereocenters. The number of hydrogen-bond acceptors (Lipinski definition) is 0. The van der Waals surface area contributed by atoms with Gasteiger partial charge in [-0.3, -0.25) is 0 Å². The van der Waals surface area contributed by atoms with Crippen LogP contribution in [0.25, 0.3) is 0 Å². The molecule has 13 heavy (non-hydrogen) atoms. The van der Waals surface area contributed by atoms with E-state index in [1.807, 2.05) is 0 Å². The van der Waals surface area contributed by atoms with Crippen molar-refractivity contribution < 1.29 is 10.2 Å². The lowest BCUT2D eigenvalue weighted by molar-refractivity contribution is -0.899. The van der Waals surface area contributed by atoms with Crippen LogP contribution in [0, 0.1) is 0 Å². The fraction of sp³-hybridized carbons (Fsp3) is 1.00. The summed E-state index contributed by atoms with van der Waals surface area (Å²) in [5.74, 6) is 0. The van der Waals surface area contributed by atoms with Crippen molar-refractivity contribution in [1.82, 2.24) is 0 Å². The van der Waals surface area contributed by atoms with E-state index in [0.29, 0.717) is 0 Å². The molecule has 0 saturated carbocycles. The maximum atomic E-state index is 2.56. The molecule has 78 valence electrons. The van der Waals surface area contributed by atoms with Crippen LogP contribution in [-0.2, 0) is 0 Å². The lowest BCUT2D eigenvalue weighted by Crippen LogP contribution is -3.12. The molecule has 0 amide bonds. The van der Waals surface area contributed by atoms with E-state index in [1.165, 1.54) is 51.9 Å². The molecule has 0 radical (unpaired) electrons. The topological polar surface area (TPSA) is 21.1 Å². The van der Waals surface area contributed by atoms with Gasteiger partial charge in [-0.15, -0.1) is 0 Å². The van der Waals surface area contributed by atoms with Gasteiger partial charge in [0.2, 0.25) is 0 Å². The summed E-state index contributed by atoms with van der Waals surface area (Å²) in [5, 5.41) is 2.56. The van der Waals surface area contributed by atoms with Crippen molar-refractivity contribution in [2.45, 2.75) is 45.6 Å². The Hall–Kier alpha value is -0.0800. The molecule has 1 saturated heterocycles. The van der Waals surface area contributed by atoms with Gasteiger partial charge in [0, 0.05) is 6.42 Å². The molecule has 2 heteroatoms. The van der Waals surface area contributed by atoms with Crippen LogP contribution in [0.2, 0.25) is 0 Å². The molecule has 1 aliphatic heterocycles. The number of rotatable bonds is 5. The number of nitrogens with two attached hydrogens (primary N) is 1. The number of piperidine rings is 1. The summed E-state index contributed by atoms with van der Waals surface area (Å²) < 4.78 is 0. The lowest BCUT2D eigenvalue weighted by atomic mass is 10.0. The van der Waals surface area contributed by atoms with Gasteiger partial charge in [0.15, 0.2) is 0 Å². The molecule has 0 unspecified atom stereocenters. The number of hydrogen-bond donors (Lipinski definition) is 2. The Bertz CT molecular complexity index is 115. The zero-order valence-electron chi connectivity index (χ0n) is 9.31. The van der Waals surface area contributed by atoms with Crippen LogP contribution in [0.4, 0.5) is 0 Å². The summed E-state index contributed by atoms with van der Waals surface area (Å²) in [6, 6.07) is 0.946. The van der Waals surface area contributed by atoms with E-state index in [4.69, 9.17) is 0 Å². The second-order valence-electron chi connectivity index (χ2n) is 4.28. The second kappa shape index (κ2) is 6.39. The fourth-order valence-electron chi connectivity index (χ4n) is 2.28. The summed E-state index contributed by atoms with van der Waals surface area (Å²) in [5.41, 5.74) is 0. The molecule has 0 aromatic heterocycles. The van der Waals surface area contributed by atoms with Crippen LogP contribution in [-0.4, -0.2) is 32.2 Å². The first-order valence-electron chi connectivity index (χ1n) is 6.03. The van der Waals surface area contributed by atoms with Gasteiger partial charge in [0.25, 0.3) is 0 Å². The molecule has 0 aromatic rings. The summed E-state index contributed by atoms with van der Waals surface area (Å²) >= 11 is 0. The first-order chi connectivity index (χ1) is 6.36. The molecule has 0 bridgehead atoms. The Morgan fingerprint density at radius 3 is 2.54 bits per heavy atom. The Balaban J connectivity index is 2.09. The van der Waals surface area contributed by atoms with E-state index < -0.39 is 0 Å². The highest BCUT2D eigenvalue weighted by Gasteiger charge is 2.17. The van der Waals surface area contributed by atoms with Crippen LogP contribution in [0.5, 0.6) is 0 Å². The van der Waals surface area contributed by atoms with Crippen molar-refractivity contribution in [3.8, 4) is 0 Å². The van der Waals surface area contributed by atoms with Gasteiger partial charge in [0.1, 0.15) is 0 Å². The van der Waals surface area contributed by atoms with E-state index in [9.17, 15) is 0 Å². The second-order valence-corrected chi connectivity index (χ2v) is 4.28. The van der Waals surface area contributed by atoms with Gasteiger partial charge in [0.05, 0.1) is 32.2 Å². The van der Waals surface area contributed by atoms with Gasteiger partial charge in [-0.2, -0.15) is 0 Å². The van der Waals surface area contributed by atoms with Gasteiger partial charge in [-0.1, -0.05) is 0 Å². The SMILES string of the molecule is CC[NH+](CC)CC[C@@H]1CCCC[NH2+]1. The van der Waals surface area contributed by atoms with Crippen LogP contribution >= 0.6 is 0 Å². The van der Waals surface area contributed by atoms with Crippen molar-refractivity contribution in [3.05, 3.63) is 0 Å². The van der Waals surface area contributed by atoms with E-state index in [0.717, 1.165) is 6.04 Å². The van der Waals surface area contributed by atoms with Crippen LogP contribution in [0.3, 0.4) is 0 Å². The van der Waals surface area contributed by atoms with E-state index in [1.54, 1.807) is 4.90 Å². The minimum atomic E-state index is 0.946. The third kappa shape index (κ3) is 4.10. The van der Waals surface area contributed by atoms with Crippen LogP contribution in [0.1, 0.15) is 39.5 Å². The zero-order chi connectivity index (χ0) is 9.52. The molecule has 1 aliphatic rings. The van der Waals surface area contributed by atoms with Crippen molar-refractivity contribution in [2.24, 2.45) is 0 Å². The first kappa shape index (κ1) is 11.0. The summed E-state index contributed by atoms with van der Waals surface area (Å²) in [6.45, 7) is 9.94. The van der Waals surface area contributed by atoms with Gasteiger partial charge < -0.3 is 10.2 Å². The van der Waals surface area contributed by atoms with Crippen LogP contribution in [0.15, 0.2) is 0 Å². The monoisotopic (exact) mass is 186 g/mol. The number of nitrogens with one attached hydrogen (secondary N) is 1. The lowest BCUT2D eigenvalue weighted by Gasteiger charge is -2.22. The third-order valence-corrected chi connectivity index (χ3v) is 3.40. The molecule has 0 aliphatic carbocycles. The molecule has 1 heterocycles. The minimum absolute atomic E-state index is 0.946. The Morgan fingerprint density at radius 1 is 1.23 bits per heavy atom. The Morgan fingerprint density at radius 2 is 2.00 bits per heavy atom. The van der Waals surface area contributed by atoms with Gasteiger partial charge in [-0.25, -0.2) is 0 Å². The van der Waals surface area contributed by atoms with Crippen molar-refractivity contribution in [1.29, 1.82) is 0 Å². The maximum Gasteiger partial charge on any atom is 0.0913 e. The van der Waals surface area contributed by atoms with Crippen LogP contribution < -0.4 is 10.2 Å². The van der Waals surface area contributed by atoms with Crippen molar-refractivity contribution in [2.75, 3.05) is 26.2 Å². The molecule has 1 rings (SSSR count). The smallest absolute Gasteiger partial charge is 0.0913 e. The molecular formula is C11H26N2+2. The summed E-state index contributed by atoms with van der Waals surface area (Å²) in [4.78, 5) is 1.76. The minimum Gasteiger partial charge on any atom is -0.344 e. The van der Waals surface area contributed by atoms with Crippen molar-refractivity contribution in [3.63, 3.8) is 0 Å². The fourth-order valence-corrected chi connectivity index (χ4v) is 2.28. The maximum absolute atomic E-state index is 2.56. The zero-order valence-corrected chi connectivity index (χ0v) is 9.31. The average Bonchev–Trinajstić information content (AvgIpc) is 2.21. The summed E-state index contributed by atoms with van der Waals surface area (Å²) in [7, 11) is 0. The molecule has 2 nitrogen and oxygen atoms in total. The number of quaternary nitrogens is 2.